The number of carbonyl (C=O) groups excluding carboxylic acids is 1. The number of rotatable bonds is 9. The van der Waals surface area contributed by atoms with Gasteiger partial charge in [-0.2, -0.15) is 0 Å². The highest BCUT2D eigenvalue weighted by atomic mass is 16.5. The normalized spacial score (nSPS) is 23.8. The highest BCUT2D eigenvalue weighted by Crippen LogP contribution is 2.58. The lowest BCUT2D eigenvalue weighted by Crippen LogP contribution is -2.37. The van der Waals surface area contributed by atoms with Crippen LogP contribution in [0.25, 0.3) is 11.0 Å². The zero-order valence-electron chi connectivity index (χ0n) is 22.8. The molecule has 2 aliphatic heterocycles. The molecule has 0 spiro atoms. The summed E-state index contributed by atoms with van der Waals surface area (Å²) in [6, 6.07) is 22.0. The Morgan fingerprint density at radius 2 is 1.98 bits per heavy atom. The minimum absolute atomic E-state index is 0.151. The number of aromatic nitrogens is 3. The SMILES string of the molecule is COC(=O)c1ccc2nc(CN3CC[C@@]4(c5cccc(OCc6ccccc6)n5)C[C@H]4C3)n(C[C@@H]3CCO3)c2c1. The molecular formula is C32H34N4O4. The van der Waals surface area contributed by atoms with E-state index in [9.17, 15) is 4.79 Å². The first-order valence-electron chi connectivity index (χ1n) is 14.2. The summed E-state index contributed by atoms with van der Waals surface area (Å²) in [6.07, 6.45) is 3.47. The Kier molecular flexibility index (Phi) is 6.52. The number of benzene rings is 2. The molecule has 8 nitrogen and oxygen atoms in total. The third-order valence-electron chi connectivity index (χ3n) is 8.84. The quantitative estimate of drug-likeness (QED) is 0.285. The lowest BCUT2D eigenvalue weighted by molar-refractivity contribution is -0.0592. The van der Waals surface area contributed by atoms with E-state index < -0.39 is 0 Å². The highest BCUT2D eigenvalue weighted by Gasteiger charge is 2.58. The van der Waals surface area contributed by atoms with Gasteiger partial charge in [-0.3, -0.25) is 4.90 Å². The second kappa shape index (κ2) is 10.3. The van der Waals surface area contributed by atoms with Crippen molar-refractivity contribution in [1.29, 1.82) is 0 Å². The summed E-state index contributed by atoms with van der Waals surface area (Å²) >= 11 is 0. The van der Waals surface area contributed by atoms with Gasteiger partial charge in [0.05, 0.1) is 48.6 Å². The molecule has 4 heterocycles. The molecule has 3 aliphatic rings. The van der Waals surface area contributed by atoms with E-state index in [0.29, 0.717) is 24.0 Å². The van der Waals surface area contributed by atoms with Gasteiger partial charge in [-0.05, 0) is 61.6 Å². The summed E-state index contributed by atoms with van der Waals surface area (Å²) in [5, 5.41) is 0. The molecule has 0 bridgehead atoms. The van der Waals surface area contributed by atoms with Crippen molar-refractivity contribution in [1.82, 2.24) is 19.4 Å². The summed E-state index contributed by atoms with van der Waals surface area (Å²) < 4.78 is 19.0. The number of hydrogen-bond acceptors (Lipinski definition) is 7. The minimum atomic E-state index is -0.333. The van der Waals surface area contributed by atoms with Crippen LogP contribution in [0.15, 0.2) is 66.7 Å². The van der Waals surface area contributed by atoms with E-state index in [-0.39, 0.29) is 17.5 Å². The number of hydrogen-bond donors (Lipinski definition) is 0. The molecule has 4 aromatic rings. The third-order valence-corrected chi connectivity index (χ3v) is 8.84. The maximum atomic E-state index is 12.2. The van der Waals surface area contributed by atoms with Crippen molar-refractivity contribution in [2.45, 2.75) is 50.5 Å². The predicted molar refractivity (Wildman–Crippen MR) is 150 cm³/mol. The summed E-state index contributed by atoms with van der Waals surface area (Å²) in [5.74, 6) is 1.97. The average molecular weight is 539 g/mol. The minimum Gasteiger partial charge on any atom is -0.473 e. The van der Waals surface area contributed by atoms with E-state index >= 15 is 0 Å². The molecule has 8 heteroatoms. The van der Waals surface area contributed by atoms with Crippen molar-refractivity contribution < 1.29 is 19.0 Å². The topological polar surface area (TPSA) is 78.7 Å². The molecule has 1 saturated carbocycles. The predicted octanol–water partition coefficient (Wildman–Crippen LogP) is 4.75. The van der Waals surface area contributed by atoms with Gasteiger partial charge in [0, 0.05) is 24.6 Å². The molecule has 7 rings (SSSR count). The van der Waals surface area contributed by atoms with Gasteiger partial charge in [0.15, 0.2) is 0 Å². The number of methoxy groups -OCH3 is 1. The number of pyridine rings is 1. The van der Waals surface area contributed by atoms with Crippen LogP contribution in [0.1, 0.15) is 46.7 Å². The lowest BCUT2D eigenvalue weighted by atomic mass is 9.91. The van der Waals surface area contributed by atoms with Crippen molar-refractivity contribution in [2.75, 3.05) is 26.8 Å². The molecule has 3 fully saturated rings. The van der Waals surface area contributed by atoms with Crippen molar-refractivity contribution in [2.24, 2.45) is 5.92 Å². The number of carbonyl (C=O) groups is 1. The van der Waals surface area contributed by atoms with Crippen molar-refractivity contribution in [3.05, 3.63) is 89.4 Å². The number of piperidine rings is 1. The smallest absolute Gasteiger partial charge is 0.337 e. The van der Waals surface area contributed by atoms with Gasteiger partial charge in [-0.1, -0.05) is 36.4 Å². The van der Waals surface area contributed by atoms with Gasteiger partial charge in [0.25, 0.3) is 0 Å². The summed E-state index contributed by atoms with van der Waals surface area (Å²) in [4.78, 5) is 24.7. The van der Waals surface area contributed by atoms with Gasteiger partial charge in [-0.15, -0.1) is 0 Å². The summed E-state index contributed by atoms with van der Waals surface area (Å²) in [6.45, 7) is 4.86. The largest absolute Gasteiger partial charge is 0.473 e. The van der Waals surface area contributed by atoms with Gasteiger partial charge >= 0.3 is 5.97 Å². The maximum Gasteiger partial charge on any atom is 0.337 e. The fourth-order valence-corrected chi connectivity index (χ4v) is 6.35. The number of ether oxygens (including phenoxy) is 3. The monoisotopic (exact) mass is 538 g/mol. The summed E-state index contributed by atoms with van der Waals surface area (Å²) in [5.41, 5.74) is 4.85. The van der Waals surface area contributed by atoms with Gasteiger partial charge in [-0.25, -0.2) is 14.8 Å². The van der Waals surface area contributed by atoms with Gasteiger partial charge in [0.1, 0.15) is 12.4 Å². The number of imidazole rings is 1. The molecule has 0 unspecified atom stereocenters. The van der Waals surface area contributed by atoms with Crippen LogP contribution in [-0.2, 0) is 34.6 Å². The molecule has 0 N–H and O–H groups in total. The highest BCUT2D eigenvalue weighted by molar-refractivity contribution is 5.93. The second-order valence-electron chi connectivity index (χ2n) is 11.3. The number of fused-ring (bicyclic) bond motifs is 2. The van der Waals surface area contributed by atoms with Gasteiger partial charge < -0.3 is 18.8 Å². The fourth-order valence-electron chi connectivity index (χ4n) is 6.35. The summed E-state index contributed by atoms with van der Waals surface area (Å²) in [7, 11) is 1.41. The Balaban J connectivity index is 1.06. The van der Waals surface area contributed by atoms with Crippen molar-refractivity contribution in [3.8, 4) is 5.88 Å². The molecule has 40 heavy (non-hydrogen) atoms. The molecule has 0 radical (unpaired) electrons. The molecule has 2 aromatic heterocycles. The van der Waals surface area contributed by atoms with Crippen LogP contribution in [0.5, 0.6) is 5.88 Å². The second-order valence-corrected chi connectivity index (χ2v) is 11.3. The van der Waals surface area contributed by atoms with Crippen LogP contribution in [-0.4, -0.2) is 58.3 Å². The van der Waals surface area contributed by atoms with Crippen LogP contribution < -0.4 is 4.74 Å². The Morgan fingerprint density at radius 3 is 2.75 bits per heavy atom. The molecular weight excluding hydrogens is 504 g/mol. The van der Waals surface area contributed by atoms with E-state index in [0.717, 1.165) is 80.2 Å². The molecule has 2 saturated heterocycles. The Bertz CT molecular complexity index is 1530. The van der Waals surface area contributed by atoms with Crippen LogP contribution in [0, 0.1) is 5.92 Å². The number of nitrogens with zero attached hydrogens (tertiary/aromatic N) is 4. The first kappa shape index (κ1) is 25.2. The van der Waals surface area contributed by atoms with Crippen molar-refractivity contribution >= 4 is 17.0 Å². The van der Waals surface area contributed by atoms with E-state index in [1.165, 1.54) is 7.11 Å². The lowest BCUT2D eigenvalue weighted by Gasteiger charge is -2.32. The Hall–Kier alpha value is -3.75. The van der Waals surface area contributed by atoms with E-state index in [1.54, 1.807) is 6.07 Å². The van der Waals surface area contributed by atoms with Crippen LogP contribution in [0.2, 0.25) is 0 Å². The van der Waals surface area contributed by atoms with E-state index in [1.807, 2.05) is 36.4 Å². The Morgan fingerprint density at radius 1 is 1.10 bits per heavy atom. The van der Waals surface area contributed by atoms with Gasteiger partial charge in [0.2, 0.25) is 5.88 Å². The first-order chi connectivity index (χ1) is 19.6. The fraction of sp³-hybridized carbons (Fsp3) is 0.406. The molecule has 0 amide bonds. The zero-order chi connectivity index (χ0) is 27.1. The van der Waals surface area contributed by atoms with Crippen LogP contribution >= 0.6 is 0 Å². The zero-order valence-corrected chi connectivity index (χ0v) is 22.8. The molecule has 3 atom stereocenters. The standard InChI is InChI=1S/C32H34N4O4/c1-38-31(37)23-10-11-26-27(16-23)36(19-25-12-15-39-25)29(33-26)20-35-14-13-32(17-24(32)18-35)28-8-5-9-30(34-28)40-21-22-6-3-2-4-7-22/h2-11,16,24-25H,12-15,17-21H2,1H3/t24-,25-,32+/m0/s1. The van der Waals surface area contributed by atoms with Crippen molar-refractivity contribution in [3.63, 3.8) is 0 Å². The molecule has 2 aromatic carbocycles. The van der Waals surface area contributed by atoms with Crippen LogP contribution in [0.3, 0.4) is 0 Å². The Labute approximate surface area is 233 Å². The average Bonchev–Trinajstić information content (AvgIpc) is 3.62. The van der Waals surface area contributed by atoms with Crippen LogP contribution in [0.4, 0.5) is 0 Å². The number of likely N-dealkylation sites (tertiary alicyclic amines) is 1. The number of esters is 1. The maximum absolute atomic E-state index is 12.2. The first-order valence-corrected chi connectivity index (χ1v) is 14.2. The molecule has 206 valence electrons. The van der Waals surface area contributed by atoms with E-state index in [4.69, 9.17) is 24.2 Å². The third kappa shape index (κ3) is 4.75. The van der Waals surface area contributed by atoms with E-state index in [2.05, 4.69) is 33.7 Å². The molecule has 1 aliphatic carbocycles.